The average molecular weight is 495 g/mol. The van der Waals surface area contributed by atoms with E-state index >= 15 is 0 Å². The second-order valence-electron chi connectivity index (χ2n) is 9.63. The van der Waals surface area contributed by atoms with Crippen molar-refractivity contribution in [2.75, 3.05) is 18.0 Å². The average Bonchev–Trinajstić information content (AvgIpc) is 3.46. The van der Waals surface area contributed by atoms with Crippen LogP contribution >= 0.6 is 11.3 Å². The first-order valence-electron chi connectivity index (χ1n) is 12.2. The second kappa shape index (κ2) is 9.77. The number of hydrogen-bond donors (Lipinski definition) is 2. The number of aromatic nitrogens is 3. The van der Waals surface area contributed by atoms with Crippen molar-refractivity contribution in [3.8, 4) is 0 Å². The maximum Gasteiger partial charge on any atom is 0.273 e. The number of aryl methyl sites for hydroxylation is 1. The minimum absolute atomic E-state index is 0.0268. The summed E-state index contributed by atoms with van der Waals surface area (Å²) in [4.78, 5) is 49.3. The van der Waals surface area contributed by atoms with E-state index in [4.69, 9.17) is 0 Å². The summed E-state index contributed by atoms with van der Waals surface area (Å²) in [5.41, 5.74) is 2.52. The molecule has 0 saturated carbocycles. The van der Waals surface area contributed by atoms with Crippen molar-refractivity contribution < 1.29 is 9.59 Å². The van der Waals surface area contributed by atoms with Crippen molar-refractivity contribution in [3.05, 3.63) is 52.1 Å². The monoisotopic (exact) mass is 494 g/mol. The highest BCUT2D eigenvalue weighted by atomic mass is 32.1. The lowest BCUT2D eigenvalue weighted by Gasteiger charge is -2.32. The molecule has 0 radical (unpaired) electrons. The molecular formula is C25H30N6O3S. The second-order valence-corrected chi connectivity index (χ2v) is 10.6. The number of hydrogen-bond acceptors (Lipinski definition) is 7. The molecule has 0 spiro atoms. The molecule has 1 fully saturated rings. The van der Waals surface area contributed by atoms with Crippen LogP contribution in [0.3, 0.4) is 0 Å². The van der Waals surface area contributed by atoms with Crippen LogP contribution in [0.15, 0.2) is 35.4 Å². The van der Waals surface area contributed by atoms with Gasteiger partial charge in [-0.25, -0.2) is 4.98 Å². The van der Waals surface area contributed by atoms with E-state index < -0.39 is 0 Å². The van der Waals surface area contributed by atoms with E-state index in [9.17, 15) is 14.4 Å². The maximum absolute atomic E-state index is 13.1. The molecule has 9 nitrogen and oxygen atoms in total. The summed E-state index contributed by atoms with van der Waals surface area (Å²) in [6.07, 6.45) is 4.92. The van der Waals surface area contributed by atoms with Crippen molar-refractivity contribution in [2.24, 2.45) is 5.92 Å². The molecule has 2 aliphatic rings. The number of thiazole rings is 1. The van der Waals surface area contributed by atoms with Crippen LogP contribution in [0.4, 0.5) is 5.13 Å². The van der Waals surface area contributed by atoms with Crippen LogP contribution in [0, 0.1) is 5.92 Å². The zero-order valence-electron chi connectivity index (χ0n) is 20.0. The number of nitrogens with one attached hydrogen (secondary N) is 2. The van der Waals surface area contributed by atoms with Crippen LogP contribution in [0.25, 0.3) is 10.3 Å². The van der Waals surface area contributed by atoms with E-state index in [0.29, 0.717) is 22.0 Å². The molecule has 5 rings (SSSR count). The van der Waals surface area contributed by atoms with Crippen molar-refractivity contribution in [3.63, 3.8) is 0 Å². The third-order valence-electron chi connectivity index (χ3n) is 6.65. The van der Waals surface area contributed by atoms with Crippen LogP contribution in [-0.4, -0.2) is 45.5 Å². The van der Waals surface area contributed by atoms with Crippen LogP contribution in [0.1, 0.15) is 50.3 Å². The Balaban J connectivity index is 1.29. The molecule has 2 amide bonds. The lowest BCUT2D eigenvalue weighted by Crippen LogP contribution is -2.44. The summed E-state index contributed by atoms with van der Waals surface area (Å²) >= 11 is 1.28. The standard InChI is InChI=1S/C25H30N6O3S/c1-15(2)27-23(33)17-7-5-11-30(12-17)25-29-22-21(35-25)24(34)31(14-26-22)13-20(32)28-19-10-9-16-6-3-4-8-18(16)19/h3-4,6,8,14-15,17,19H,5,7,9-13H2,1-2H3,(H,27,33)(H,28,32)/t17-,19+/m1/s1. The third-order valence-corrected chi connectivity index (χ3v) is 7.74. The van der Waals surface area contributed by atoms with Gasteiger partial charge in [-0.1, -0.05) is 35.6 Å². The summed E-state index contributed by atoms with van der Waals surface area (Å²) in [7, 11) is 0. The summed E-state index contributed by atoms with van der Waals surface area (Å²) in [5.74, 6) is -0.260. The largest absolute Gasteiger partial charge is 0.354 e. The van der Waals surface area contributed by atoms with Gasteiger partial charge in [-0.2, -0.15) is 4.98 Å². The molecule has 0 bridgehead atoms. The molecule has 1 aliphatic carbocycles. The Labute approximate surface area is 207 Å². The minimum atomic E-state index is -0.271. The molecule has 2 aromatic heterocycles. The van der Waals surface area contributed by atoms with Gasteiger partial charge in [0.1, 0.15) is 17.6 Å². The van der Waals surface area contributed by atoms with Gasteiger partial charge in [0.15, 0.2) is 10.8 Å². The number of rotatable bonds is 6. The van der Waals surface area contributed by atoms with Crippen LogP contribution in [0.5, 0.6) is 0 Å². The minimum Gasteiger partial charge on any atom is -0.354 e. The highest BCUT2D eigenvalue weighted by molar-refractivity contribution is 7.22. The van der Waals surface area contributed by atoms with Gasteiger partial charge in [-0.05, 0) is 50.7 Å². The fraction of sp³-hybridized carbons (Fsp3) is 0.480. The predicted octanol–water partition coefficient (Wildman–Crippen LogP) is 2.40. The summed E-state index contributed by atoms with van der Waals surface area (Å²) in [6, 6.07) is 8.20. The Morgan fingerprint density at radius 2 is 2.06 bits per heavy atom. The van der Waals surface area contributed by atoms with E-state index in [1.54, 1.807) is 0 Å². The van der Waals surface area contributed by atoms with Gasteiger partial charge >= 0.3 is 0 Å². The van der Waals surface area contributed by atoms with E-state index in [1.165, 1.54) is 27.8 Å². The number of piperidine rings is 1. The molecule has 35 heavy (non-hydrogen) atoms. The molecule has 1 aliphatic heterocycles. The molecule has 3 aromatic rings. The van der Waals surface area contributed by atoms with Gasteiger partial charge in [-0.15, -0.1) is 0 Å². The van der Waals surface area contributed by atoms with E-state index in [0.717, 1.165) is 37.8 Å². The number of benzene rings is 1. The highest BCUT2D eigenvalue weighted by Crippen LogP contribution is 2.31. The number of carbonyl (C=O) groups is 2. The number of anilines is 1. The van der Waals surface area contributed by atoms with Gasteiger partial charge < -0.3 is 15.5 Å². The lowest BCUT2D eigenvalue weighted by atomic mass is 9.97. The van der Waals surface area contributed by atoms with Crippen LogP contribution in [0.2, 0.25) is 0 Å². The number of fused-ring (bicyclic) bond motifs is 2. The Bertz CT molecular complexity index is 1320. The first kappa shape index (κ1) is 23.5. The molecule has 10 heteroatoms. The Hall–Kier alpha value is -3.27. The molecular weight excluding hydrogens is 464 g/mol. The zero-order valence-corrected chi connectivity index (χ0v) is 20.8. The molecule has 1 saturated heterocycles. The molecule has 184 valence electrons. The third kappa shape index (κ3) is 4.93. The molecule has 2 atom stereocenters. The highest BCUT2D eigenvalue weighted by Gasteiger charge is 2.28. The van der Waals surface area contributed by atoms with Crippen molar-refractivity contribution in [1.29, 1.82) is 0 Å². The fourth-order valence-corrected chi connectivity index (χ4v) is 5.96. The zero-order chi connectivity index (χ0) is 24.5. The van der Waals surface area contributed by atoms with E-state index in [2.05, 4.69) is 31.6 Å². The fourth-order valence-electron chi connectivity index (χ4n) is 4.95. The number of carbonyl (C=O) groups excluding carboxylic acids is 2. The van der Waals surface area contributed by atoms with Crippen molar-refractivity contribution >= 4 is 38.6 Å². The Morgan fingerprint density at radius 1 is 1.23 bits per heavy atom. The predicted molar refractivity (Wildman–Crippen MR) is 136 cm³/mol. The summed E-state index contributed by atoms with van der Waals surface area (Å²) in [6.45, 7) is 5.17. The normalized spacial score (nSPS) is 19.7. The first-order valence-corrected chi connectivity index (χ1v) is 13.0. The van der Waals surface area contributed by atoms with E-state index in [1.807, 2.05) is 32.0 Å². The Kier molecular flexibility index (Phi) is 6.55. The van der Waals surface area contributed by atoms with Crippen LogP contribution < -0.4 is 21.1 Å². The van der Waals surface area contributed by atoms with Crippen molar-refractivity contribution in [1.82, 2.24) is 25.2 Å². The van der Waals surface area contributed by atoms with Gasteiger partial charge in [0, 0.05) is 19.1 Å². The summed E-state index contributed by atoms with van der Waals surface area (Å²) in [5, 5.41) is 6.74. The topological polar surface area (TPSA) is 109 Å². The summed E-state index contributed by atoms with van der Waals surface area (Å²) < 4.78 is 1.77. The first-order chi connectivity index (χ1) is 16.9. The quantitative estimate of drug-likeness (QED) is 0.545. The van der Waals surface area contributed by atoms with E-state index in [-0.39, 0.29) is 41.9 Å². The molecule has 1 aromatic carbocycles. The lowest BCUT2D eigenvalue weighted by molar-refractivity contribution is -0.125. The molecule has 2 N–H and O–H groups in total. The smallest absolute Gasteiger partial charge is 0.273 e. The Morgan fingerprint density at radius 3 is 2.89 bits per heavy atom. The number of nitrogens with zero attached hydrogens (tertiary/aromatic N) is 4. The molecule has 3 heterocycles. The van der Waals surface area contributed by atoms with Crippen LogP contribution in [-0.2, 0) is 22.6 Å². The van der Waals surface area contributed by atoms with Gasteiger partial charge in [0.25, 0.3) is 5.56 Å². The number of amides is 2. The SMILES string of the molecule is CC(C)NC(=O)[C@@H]1CCCN(c2nc3ncn(CC(=O)N[C@H]4CCc5ccccc54)c(=O)c3s2)C1. The van der Waals surface area contributed by atoms with Gasteiger partial charge in [-0.3, -0.25) is 19.0 Å². The van der Waals surface area contributed by atoms with Gasteiger partial charge in [0.2, 0.25) is 11.8 Å². The van der Waals surface area contributed by atoms with Gasteiger partial charge in [0.05, 0.1) is 12.0 Å². The van der Waals surface area contributed by atoms with Crippen molar-refractivity contribution in [2.45, 2.75) is 58.2 Å². The maximum atomic E-state index is 13.1. The molecule has 0 unspecified atom stereocenters.